The highest BCUT2D eigenvalue weighted by Crippen LogP contribution is 2.28. The second kappa shape index (κ2) is 10.4. The smallest absolute Gasteiger partial charge is 0.355 e. The molecule has 0 saturated carbocycles. The van der Waals surface area contributed by atoms with Gasteiger partial charge in [0, 0.05) is 38.8 Å². The Bertz CT molecular complexity index is 595. The molecule has 0 aromatic carbocycles. The summed E-state index contributed by atoms with van der Waals surface area (Å²) in [7, 11) is -3.59. The molecule has 0 aromatic heterocycles. The van der Waals surface area contributed by atoms with E-state index in [2.05, 4.69) is 27.4 Å². The zero-order valence-electron chi connectivity index (χ0n) is 15.6. The lowest BCUT2D eigenvalue weighted by molar-refractivity contribution is -0.0494. The molecule has 27 heavy (non-hydrogen) atoms. The normalized spacial score (nSPS) is 23.9. The predicted octanol–water partition coefficient (Wildman–Crippen LogP) is 1.57. The predicted molar refractivity (Wildman–Crippen MR) is 110 cm³/mol. The van der Waals surface area contributed by atoms with Gasteiger partial charge in [0.25, 0.3) is 0 Å². The molecule has 0 radical (unpaired) electrons. The van der Waals surface area contributed by atoms with Crippen LogP contribution in [0.1, 0.15) is 32.6 Å². The van der Waals surface area contributed by atoms with Gasteiger partial charge in [-0.3, -0.25) is 9.89 Å². The first kappa shape index (κ1) is 24.7. The molecule has 2 fully saturated rings. The second-order valence-electron chi connectivity index (χ2n) is 6.65. The molecule has 2 aliphatic heterocycles. The van der Waals surface area contributed by atoms with Crippen molar-refractivity contribution in [2.24, 2.45) is 4.99 Å². The monoisotopic (exact) mass is 527 g/mol. The molecule has 1 atom stereocenters. The summed E-state index contributed by atoms with van der Waals surface area (Å²) in [5, 5.41) is 6.46. The van der Waals surface area contributed by atoms with Crippen LogP contribution in [-0.4, -0.2) is 80.9 Å². The lowest BCUT2D eigenvalue weighted by Crippen LogP contribution is -2.52. The van der Waals surface area contributed by atoms with Crippen molar-refractivity contribution in [3.8, 4) is 0 Å². The quantitative estimate of drug-likeness (QED) is 0.323. The Morgan fingerprint density at radius 1 is 1.19 bits per heavy atom. The first-order chi connectivity index (χ1) is 12.2. The van der Waals surface area contributed by atoms with Crippen LogP contribution in [0.2, 0.25) is 0 Å². The summed E-state index contributed by atoms with van der Waals surface area (Å²) in [6.45, 7) is 4.69. The number of hydrogen-bond acceptors (Lipinski definition) is 4. The number of rotatable bonds is 5. The molecule has 2 N–H and O–H groups in total. The van der Waals surface area contributed by atoms with E-state index in [1.165, 1.54) is 6.42 Å². The molecule has 0 spiro atoms. The van der Waals surface area contributed by atoms with E-state index in [-0.39, 0.29) is 43.1 Å². The number of piperidine rings is 1. The van der Waals surface area contributed by atoms with Gasteiger partial charge in [-0.15, -0.1) is 24.0 Å². The highest BCUT2D eigenvalue weighted by atomic mass is 127. The van der Waals surface area contributed by atoms with Crippen LogP contribution < -0.4 is 10.6 Å². The van der Waals surface area contributed by atoms with E-state index >= 15 is 0 Å². The number of likely N-dealkylation sites (N-methyl/N-ethyl adjacent to an activating group) is 1. The number of guanidine groups is 1. The number of sulfonamides is 1. The molecule has 0 aromatic rings. The van der Waals surface area contributed by atoms with Gasteiger partial charge in [-0.05, 0) is 38.8 Å². The van der Waals surface area contributed by atoms with Gasteiger partial charge in [-0.2, -0.15) is 17.5 Å². The average molecular weight is 527 g/mol. The zero-order valence-corrected chi connectivity index (χ0v) is 18.8. The van der Waals surface area contributed by atoms with Crippen LogP contribution in [0, 0.1) is 0 Å². The molecule has 0 bridgehead atoms. The molecule has 2 aliphatic rings. The summed E-state index contributed by atoms with van der Waals surface area (Å²) in [4.78, 5) is 6.57. The first-order valence-corrected chi connectivity index (χ1v) is 10.4. The standard InChI is InChI=1S/C15H28F3N5O2S.HI/c1-3-22-8-4-5-13(22)11-20-14(19-2)21-12-6-9-23(10-7-12)26(24,25)15(16,17)18;/h12-13H,3-11H2,1-2H3,(H2,19,20,21);1H. The van der Waals surface area contributed by atoms with Gasteiger partial charge in [0.15, 0.2) is 5.96 Å². The summed E-state index contributed by atoms with van der Waals surface area (Å²) in [6.07, 6.45) is 2.92. The summed E-state index contributed by atoms with van der Waals surface area (Å²) >= 11 is 0. The third-order valence-corrected chi connectivity index (χ3v) is 6.69. The van der Waals surface area contributed by atoms with Crippen LogP contribution in [0.3, 0.4) is 0 Å². The summed E-state index contributed by atoms with van der Waals surface area (Å²) in [6, 6.07) is 0.351. The lowest BCUT2D eigenvalue weighted by atomic mass is 10.1. The van der Waals surface area contributed by atoms with Crippen LogP contribution in [0.15, 0.2) is 4.99 Å². The van der Waals surface area contributed by atoms with Gasteiger partial charge in [0.05, 0.1) is 0 Å². The number of halogens is 4. The fourth-order valence-corrected chi connectivity index (χ4v) is 4.52. The SMILES string of the molecule is CCN1CCCC1CNC(=NC)NC1CCN(S(=O)(=O)C(F)(F)F)CC1.I. The largest absolute Gasteiger partial charge is 0.511 e. The highest BCUT2D eigenvalue weighted by molar-refractivity contribution is 14.0. The van der Waals surface area contributed by atoms with Gasteiger partial charge in [0.1, 0.15) is 0 Å². The number of hydrogen-bond donors (Lipinski definition) is 2. The van der Waals surface area contributed by atoms with Gasteiger partial charge >= 0.3 is 15.5 Å². The molecule has 2 rings (SSSR count). The minimum absolute atomic E-state index is 0. The molecule has 7 nitrogen and oxygen atoms in total. The maximum absolute atomic E-state index is 12.6. The molecule has 12 heteroatoms. The van der Waals surface area contributed by atoms with Crippen molar-refractivity contribution in [2.45, 2.75) is 50.2 Å². The molecule has 0 aliphatic carbocycles. The van der Waals surface area contributed by atoms with E-state index in [4.69, 9.17) is 0 Å². The molecule has 0 amide bonds. The fourth-order valence-electron chi connectivity index (χ4n) is 3.53. The van der Waals surface area contributed by atoms with Gasteiger partial charge in [-0.1, -0.05) is 6.92 Å². The van der Waals surface area contributed by atoms with E-state index in [1.54, 1.807) is 7.05 Å². The Hall–Kier alpha value is -0.340. The zero-order chi connectivity index (χ0) is 19.4. The minimum atomic E-state index is -5.24. The second-order valence-corrected chi connectivity index (χ2v) is 8.58. The summed E-state index contributed by atoms with van der Waals surface area (Å²) in [5.74, 6) is 0.602. The number of aliphatic imine (C=N–C) groups is 1. The van der Waals surface area contributed by atoms with E-state index in [9.17, 15) is 21.6 Å². The third-order valence-electron chi connectivity index (χ3n) is 5.06. The van der Waals surface area contributed by atoms with Gasteiger partial charge < -0.3 is 10.6 Å². The van der Waals surface area contributed by atoms with Crippen molar-refractivity contribution in [3.05, 3.63) is 0 Å². The average Bonchev–Trinajstić information content (AvgIpc) is 3.05. The highest BCUT2D eigenvalue weighted by Gasteiger charge is 2.50. The first-order valence-electron chi connectivity index (χ1n) is 8.96. The fraction of sp³-hybridized carbons (Fsp3) is 0.933. The summed E-state index contributed by atoms with van der Waals surface area (Å²) in [5.41, 5.74) is -5.24. The lowest BCUT2D eigenvalue weighted by Gasteiger charge is -2.33. The van der Waals surface area contributed by atoms with E-state index in [1.807, 2.05) is 0 Å². The summed E-state index contributed by atoms with van der Waals surface area (Å²) < 4.78 is 61.2. The molecular weight excluding hydrogens is 498 g/mol. The molecule has 2 heterocycles. The van der Waals surface area contributed by atoms with Crippen LogP contribution in [0.25, 0.3) is 0 Å². The van der Waals surface area contributed by atoms with E-state index in [0.29, 0.717) is 29.1 Å². The Kier molecular flexibility index (Phi) is 9.55. The van der Waals surface area contributed by atoms with Crippen molar-refractivity contribution >= 4 is 40.0 Å². The third kappa shape index (κ3) is 6.32. The topological polar surface area (TPSA) is 77.0 Å². The Balaban J connectivity index is 0.00000364. The van der Waals surface area contributed by atoms with Crippen molar-refractivity contribution < 1.29 is 21.6 Å². The van der Waals surface area contributed by atoms with Crippen molar-refractivity contribution in [3.63, 3.8) is 0 Å². The molecule has 2 saturated heterocycles. The van der Waals surface area contributed by atoms with Crippen LogP contribution >= 0.6 is 24.0 Å². The maximum atomic E-state index is 12.6. The molecule has 160 valence electrons. The maximum Gasteiger partial charge on any atom is 0.511 e. The Morgan fingerprint density at radius 3 is 2.33 bits per heavy atom. The minimum Gasteiger partial charge on any atom is -0.355 e. The Labute approximate surface area is 176 Å². The van der Waals surface area contributed by atoms with Crippen molar-refractivity contribution in [1.29, 1.82) is 0 Å². The number of likely N-dealkylation sites (tertiary alicyclic amines) is 1. The number of nitrogens with one attached hydrogen (secondary N) is 2. The van der Waals surface area contributed by atoms with E-state index in [0.717, 1.165) is 26.1 Å². The number of alkyl halides is 3. The van der Waals surface area contributed by atoms with Crippen LogP contribution in [0.5, 0.6) is 0 Å². The molecular formula is C15H29F3IN5O2S. The molecule has 1 unspecified atom stereocenters. The van der Waals surface area contributed by atoms with Gasteiger partial charge in [-0.25, -0.2) is 8.42 Å². The van der Waals surface area contributed by atoms with Crippen molar-refractivity contribution in [1.82, 2.24) is 19.8 Å². The van der Waals surface area contributed by atoms with Gasteiger partial charge in [0.2, 0.25) is 0 Å². The van der Waals surface area contributed by atoms with Crippen LogP contribution in [-0.2, 0) is 10.0 Å². The Morgan fingerprint density at radius 2 is 1.81 bits per heavy atom. The van der Waals surface area contributed by atoms with Crippen molar-refractivity contribution in [2.75, 3.05) is 39.8 Å². The van der Waals surface area contributed by atoms with Crippen LogP contribution in [0.4, 0.5) is 13.2 Å². The number of nitrogens with zero attached hydrogens (tertiary/aromatic N) is 3. The van der Waals surface area contributed by atoms with E-state index < -0.39 is 15.5 Å².